The van der Waals surface area contributed by atoms with Crippen molar-refractivity contribution in [3.63, 3.8) is 0 Å². The molecule has 2 aliphatic rings. The number of carbonyl (C=O) groups excluding carboxylic acids is 1. The van der Waals surface area contributed by atoms with Crippen molar-refractivity contribution in [2.45, 2.75) is 59.5 Å². The Morgan fingerprint density at radius 1 is 1.22 bits per heavy atom. The Kier molecular flexibility index (Phi) is 6.62. The predicted octanol–water partition coefficient (Wildman–Crippen LogP) is 5.45. The molecule has 0 bridgehead atoms. The van der Waals surface area contributed by atoms with Crippen LogP contribution in [0.15, 0.2) is 34.5 Å². The zero-order chi connectivity index (χ0) is 23.9. The van der Waals surface area contributed by atoms with E-state index in [1.54, 1.807) is 17.9 Å². The van der Waals surface area contributed by atoms with Crippen LogP contribution in [0.4, 0.5) is 8.78 Å². The third kappa shape index (κ3) is 4.24. The molecule has 4 atom stereocenters. The van der Waals surface area contributed by atoms with Crippen molar-refractivity contribution in [3.8, 4) is 0 Å². The van der Waals surface area contributed by atoms with Crippen LogP contribution in [0, 0.1) is 34.3 Å². The monoisotopic (exact) mass is 447 g/mol. The van der Waals surface area contributed by atoms with Crippen LogP contribution >= 0.6 is 0 Å². The smallest absolute Gasteiger partial charge is 0.229 e. The summed E-state index contributed by atoms with van der Waals surface area (Å²) in [5.41, 5.74) is -1.80. The second-order valence-electron chi connectivity index (χ2n) is 10.5. The molecule has 1 aliphatic heterocycles. The molecular weight excluding hydrogens is 412 g/mol. The van der Waals surface area contributed by atoms with Crippen molar-refractivity contribution in [2.24, 2.45) is 32.9 Å². The standard InChI is InChI=1S/C25H35F2N3O2/c1-16(14-20(29-28-6)21-18(26)8-7-9-19(21)27)17-10-11-25(5,23(17,2)3)22(31)30-13-12-24(4,32)15-30/h7-9,14,16-17,32H,10-13,15H2,1-6H3/b20-14-,29-28-/t16?,17?,24?,25-/m1/s1. The van der Waals surface area contributed by atoms with Crippen LogP contribution in [0.2, 0.25) is 0 Å². The second kappa shape index (κ2) is 8.65. The molecule has 5 nitrogen and oxygen atoms in total. The largest absolute Gasteiger partial charge is 0.388 e. The summed E-state index contributed by atoms with van der Waals surface area (Å²) in [5.74, 6) is -1.25. The number of carbonyl (C=O) groups is 1. The third-order valence-electron chi connectivity index (χ3n) is 8.00. The number of likely N-dealkylation sites (tertiary alicyclic amines) is 1. The zero-order valence-electron chi connectivity index (χ0n) is 20.0. The van der Waals surface area contributed by atoms with Gasteiger partial charge in [-0.1, -0.05) is 39.8 Å². The minimum Gasteiger partial charge on any atom is -0.388 e. The molecule has 1 saturated carbocycles. The van der Waals surface area contributed by atoms with E-state index in [9.17, 15) is 18.7 Å². The molecule has 1 saturated heterocycles. The number of benzene rings is 1. The molecule has 3 unspecified atom stereocenters. The van der Waals surface area contributed by atoms with E-state index in [-0.39, 0.29) is 34.4 Å². The highest BCUT2D eigenvalue weighted by atomic mass is 19.1. The van der Waals surface area contributed by atoms with Crippen molar-refractivity contribution in [1.82, 2.24) is 4.90 Å². The van der Waals surface area contributed by atoms with Gasteiger partial charge in [0.15, 0.2) is 0 Å². The summed E-state index contributed by atoms with van der Waals surface area (Å²) in [6.07, 6.45) is 3.89. The number of allylic oxidation sites excluding steroid dienone is 1. The highest BCUT2D eigenvalue weighted by Crippen LogP contribution is 2.59. The number of nitrogens with zero attached hydrogens (tertiary/aromatic N) is 3. The maximum atomic E-state index is 14.4. The fourth-order valence-corrected chi connectivity index (χ4v) is 5.69. The van der Waals surface area contributed by atoms with E-state index in [1.165, 1.54) is 25.2 Å². The van der Waals surface area contributed by atoms with Crippen LogP contribution in [-0.2, 0) is 4.79 Å². The van der Waals surface area contributed by atoms with E-state index in [4.69, 9.17) is 0 Å². The molecule has 1 amide bonds. The van der Waals surface area contributed by atoms with Crippen LogP contribution in [0.1, 0.15) is 59.4 Å². The van der Waals surface area contributed by atoms with Crippen LogP contribution in [-0.4, -0.2) is 41.7 Å². The van der Waals surface area contributed by atoms with Gasteiger partial charge in [-0.15, -0.1) is 0 Å². The Labute approximate surface area is 189 Å². The third-order valence-corrected chi connectivity index (χ3v) is 8.00. The van der Waals surface area contributed by atoms with Crippen molar-refractivity contribution < 1.29 is 18.7 Å². The number of hydrogen-bond donors (Lipinski definition) is 1. The van der Waals surface area contributed by atoms with E-state index in [0.717, 1.165) is 12.8 Å². The molecule has 3 rings (SSSR count). The van der Waals surface area contributed by atoms with E-state index >= 15 is 0 Å². The fraction of sp³-hybridized carbons (Fsp3) is 0.640. The molecule has 0 radical (unpaired) electrons. The molecule has 1 aliphatic carbocycles. The van der Waals surface area contributed by atoms with Crippen LogP contribution in [0.3, 0.4) is 0 Å². The van der Waals surface area contributed by atoms with Crippen LogP contribution < -0.4 is 0 Å². The van der Waals surface area contributed by atoms with Crippen molar-refractivity contribution in [3.05, 3.63) is 41.5 Å². The summed E-state index contributed by atoms with van der Waals surface area (Å²) < 4.78 is 28.8. The van der Waals surface area contributed by atoms with Crippen LogP contribution in [0.5, 0.6) is 0 Å². The van der Waals surface area contributed by atoms with Gasteiger partial charge >= 0.3 is 0 Å². The SMILES string of the molecule is C/N=N\C(=C/C(C)C1CC[C@](C)(C(=O)N2CCC(C)(O)C2)C1(C)C)c1c(F)cccc1F. The molecule has 32 heavy (non-hydrogen) atoms. The van der Waals surface area contributed by atoms with Gasteiger partial charge in [0, 0.05) is 20.1 Å². The fourth-order valence-electron chi connectivity index (χ4n) is 5.69. The molecule has 0 aromatic heterocycles. The van der Waals surface area contributed by atoms with Crippen molar-refractivity contribution >= 4 is 11.6 Å². The highest BCUT2D eigenvalue weighted by molar-refractivity contribution is 5.84. The van der Waals surface area contributed by atoms with E-state index in [2.05, 4.69) is 24.1 Å². The first kappa shape index (κ1) is 24.5. The minimum absolute atomic E-state index is 0.0765. The summed E-state index contributed by atoms with van der Waals surface area (Å²) >= 11 is 0. The van der Waals surface area contributed by atoms with Gasteiger partial charge in [0.1, 0.15) is 11.6 Å². The Morgan fingerprint density at radius 2 is 1.84 bits per heavy atom. The van der Waals surface area contributed by atoms with Crippen molar-refractivity contribution in [1.29, 1.82) is 0 Å². The summed E-state index contributed by atoms with van der Waals surface area (Å²) in [7, 11) is 1.47. The first-order chi connectivity index (χ1) is 14.8. The Bertz CT molecular complexity index is 921. The normalized spacial score (nSPS) is 31.5. The average molecular weight is 448 g/mol. The molecule has 1 heterocycles. The summed E-state index contributed by atoms with van der Waals surface area (Å²) in [6.45, 7) is 10.9. The Balaban J connectivity index is 1.90. The van der Waals surface area contributed by atoms with E-state index in [1.807, 2.05) is 13.8 Å². The molecule has 1 aromatic rings. The lowest BCUT2D eigenvalue weighted by molar-refractivity contribution is -0.147. The average Bonchev–Trinajstić information content (AvgIpc) is 3.17. The number of aliphatic hydroxyl groups is 1. The van der Waals surface area contributed by atoms with Gasteiger partial charge in [-0.25, -0.2) is 8.78 Å². The van der Waals surface area contributed by atoms with Gasteiger partial charge in [0.2, 0.25) is 5.91 Å². The molecule has 7 heteroatoms. The van der Waals surface area contributed by atoms with E-state index < -0.39 is 22.7 Å². The maximum absolute atomic E-state index is 14.4. The van der Waals surface area contributed by atoms with Gasteiger partial charge in [-0.05, 0) is 55.6 Å². The molecule has 176 valence electrons. The first-order valence-electron chi connectivity index (χ1n) is 11.3. The summed E-state index contributed by atoms with van der Waals surface area (Å²) in [6, 6.07) is 3.75. The maximum Gasteiger partial charge on any atom is 0.229 e. The summed E-state index contributed by atoms with van der Waals surface area (Å²) in [5, 5.41) is 18.1. The van der Waals surface area contributed by atoms with Gasteiger partial charge in [-0.2, -0.15) is 10.2 Å². The number of amides is 1. The number of hydrogen-bond acceptors (Lipinski definition) is 4. The minimum atomic E-state index is -0.839. The summed E-state index contributed by atoms with van der Waals surface area (Å²) in [4.78, 5) is 15.3. The molecular formula is C25H35F2N3O2. The quantitative estimate of drug-likeness (QED) is 0.610. The van der Waals surface area contributed by atoms with Gasteiger partial charge < -0.3 is 10.0 Å². The molecule has 0 spiro atoms. The van der Waals surface area contributed by atoms with Crippen LogP contribution in [0.25, 0.3) is 5.70 Å². The lowest BCUT2D eigenvalue weighted by Gasteiger charge is -2.44. The Hall–Kier alpha value is -2.15. The number of halogens is 2. The number of azo groups is 1. The topological polar surface area (TPSA) is 65.3 Å². The second-order valence-corrected chi connectivity index (χ2v) is 10.5. The molecule has 1 aromatic carbocycles. The number of β-amino-alcohol motifs (C(OH)–C–C–N with tert-alkyl or cyclic N) is 1. The first-order valence-corrected chi connectivity index (χ1v) is 11.3. The van der Waals surface area contributed by atoms with Gasteiger partial charge in [0.05, 0.1) is 22.3 Å². The zero-order valence-corrected chi connectivity index (χ0v) is 20.0. The lowest BCUT2D eigenvalue weighted by atomic mass is 9.62. The van der Waals surface area contributed by atoms with Gasteiger partial charge in [0.25, 0.3) is 0 Å². The molecule has 2 fully saturated rings. The Morgan fingerprint density at radius 3 is 2.38 bits per heavy atom. The number of rotatable bonds is 5. The lowest BCUT2D eigenvalue weighted by Crippen LogP contribution is -2.49. The molecule has 1 N–H and O–H groups in total. The highest BCUT2D eigenvalue weighted by Gasteiger charge is 2.58. The van der Waals surface area contributed by atoms with Crippen molar-refractivity contribution in [2.75, 3.05) is 20.1 Å². The van der Waals surface area contributed by atoms with Gasteiger partial charge in [-0.3, -0.25) is 4.79 Å². The van der Waals surface area contributed by atoms with E-state index in [0.29, 0.717) is 19.5 Å². The predicted molar refractivity (Wildman–Crippen MR) is 121 cm³/mol.